The number of nitrogens with zero attached hydrogens (tertiary/aromatic N) is 3. The van der Waals surface area contributed by atoms with Gasteiger partial charge in [-0.05, 0) is 105 Å². The molecule has 270 valence electrons. The second-order valence-electron chi connectivity index (χ2n) is 14.4. The van der Waals surface area contributed by atoms with E-state index in [4.69, 9.17) is 0 Å². The molecule has 10 rings (SSSR count). The lowest BCUT2D eigenvalue weighted by atomic mass is 9.62. The van der Waals surface area contributed by atoms with Crippen LogP contribution in [0.15, 0.2) is 237 Å². The zero-order valence-corrected chi connectivity index (χ0v) is 31.4. The zero-order chi connectivity index (χ0) is 38.0. The van der Waals surface area contributed by atoms with Gasteiger partial charge in [0.1, 0.15) is 0 Å². The van der Waals surface area contributed by atoms with E-state index in [1.54, 1.807) is 0 Å². The molecule has 57 heavy (non-hydrogen) atoms. The molecule has 0 spiro atoms. The Morgan fingerprint density at radius 2 is 0.842 bits per heavy atom. The maximum absolute atomic E-state index is 4.38. The molecule has 0 fully saturated rings. The minimum atomic E-state index is -0.578. The van der Waals surface area contributed by atoms with Crippen LogP contribution in [0.4, 0.5) is 34.1 Å². The second-order valence-corrected chi connectivity index (χ2v) is 14.4. The molecule has 1 aromatic heterocycles. The van der Waals surface area contributed by atoms with Crippen molar-refractivity contribution < 1.29 is 0 Å². The predicted octanol–water partition coefficient (Wildman–Crippen LogP) is 14.1. The number of fused-ring (bicyclic) bond motifs is 2. The fourth-order valence-corrected chi connectivity index (χ4v) is 8.66. The molecule has 3 heteroatoms. The van der Waals surface area contributed by atoms with Gasteiger partial charge in [0, 0.05) is 35.1 Å². The van der Waals surface area contributed by atoms with Gasteiger partial charge in [-0.25, -0.2) is 0 Å². The Balaban J connectivity index is 1.22. The molecule has 0 saturated carbocycles. The van der Waals surface area contributed by atoms with Crippen LogP contribution in [0.1, 0.15) is 22.3 Å². The van der Waals surface area contributed by atoms with Gasteiger partial charge in [0.25, 0.3) is 0 Å². The maximum Gasteiger partial charge on any atom is 0.0742 e. The molecule has 3 nitrogen and oxygen atoms in total. The van der Waals surface area contributed by atoms with E-state index in [0.717, 1.165) is 45.3 Å². The van der Waals surface area contributed by atoms with Crippen molar-refractivity contribution in [2.75, 3.05) is 9.80 Å². The van der Waals surface area contributed by atoms with Crippen molar-refractivity contribution in [3.8, 4) is 22.3 Å². The van der Waals surface area contributed by atoms with E-state index in [1.165, 1.54) is 33.4 Å². The molecule has 8 aromatic carbocycles. The average Bonchev–Trinajstić information content (AvgIpc) is 3.30. The van der Waals surface area contributed by atoms with Gasteiger partial charge in [-0.2, -0.15) is 0 Å². The monoisotopic (exact) mass is 729 g/mol. The highest BCUT2D eigenvalue weighted by Crippen LogP contribution is 2.58. The molecule has 9 aromatic rings. The Bertz CT molecular complexity index is 2630. The Morgan fingerprint density at radius 1 is 0.368 bits per heavy atom. The molecule has 0 N–H and O–H groups in total. The van der Waals surface area contributed by atoms with Gasteiger partial charge in [-0.15, -0.1) is 0 Å². The first-order valence-corrected chi connectivity index (χ1v) is 19.5. The summed E-state index contributed by atoms with van der Waals surface area (Å²) in [5, 5.41) is 0. The van der Waals surface area contributed by atoms with Gasteiger partial charge in [0.2, 0.25) is 0 Å². The van der Waals surface area contributed by atoms with Crippen LogP contribution < -0.4 is 9.80 Å². The Labute approximate surface area is 334 Å². The summed E-state index contributed by atoms with van der Waals surface area (Å²) in [6.45, 7) is 0. The molecule has 0 aliphatic carbocycles. The molecular formula is C54H39N3. The minimum Gasteiger partial charge on any atom is -0.310 e. The molecule has 0 unspecified atom stereocenters. The van der Waals surface area contributed by atoms with Gasteiger partial charge in [-0.3, -0.25) is 4.98 Å². The SMILES string of the molecule is c1ccc(-c2ccc(N(c3ccc(-c4cccnc4)cc3)c3ccc4c(c3)N(c3ccccc3)c3ccccc3C4(c3ccccc3)c3ccccc3)cc2)cc1. The summed E-state index contributed by atoms with van der Waals surface area (Å²) in [5.74, 6) is 0. The topological polar surface area (TPSA) is 19.4 Å². The summed E-state index contributed by atoms with van der Waals surface area (Å²) in [6, 6.07) is 81.1. The highest BCUT2D eigenvalue weighted by atomic mass is 15.2. The Morgan fingerprint density at radius 3 is 1.44 bits per heavy atom. The van der Waals surface area contributed by atoms with Crippen LogP contribution in [0.2, 0.25) is 0 Å². The molecule has 0 amide bonds. The van der Waals surface area contributed by atoms with Crippen molar-refractivity contribution in [2.24, 2.45) is 0 Å². The highest BCUT2D eigenvalue weighted by molar-refractivity contribution is 5.92. The van der Waals surface area contributed by atoms with Crippen LogP contribution in [0.25, 0.3) is 22.3 Å². The van der Waals surface area contributed by atoms with Gasteiger partial charge >= 0.3 is 0 Å². The largest absolute Gasteiger partial charge is 0.310 e. The zero-order valence-electron chi connectivity index (χ0n) is 31.4. The first kappa shape index (κ1) is 34.0. The molecule has 0 bridgehead atoms. The normalized spacial score (nSPS) is 12.7. The first-order valence-electron chi connectivity index (χ1n) is 19.5. The van der Waals surface area contributed by atoms with Crippen molar-refractivity contribution in [2.45, 2.75) is 5.41 Å². The lowest BCUT2D eigenvalue weighted by Crippen LogP contribution is -2.37. The molecule has 0 saturated heterocycles. The fraction of sp³-hybridized carbons (Fsp3) is 0.0185. The van der Waals surface area contributed by atoms with Crippen molar-refractivity contribution in [1.82, 2.24) is 4.98 Å². The summed E-state index contributed by atoms with van der Waals surface area (Å²) in [5.41, 5.74) is 15.5. The van der Waals surface area contributed by atoms with Crippen LogP contribution in [0.3, 0.4) is 0 Å². The van der Waals surface area contributed by atoms with Crippen LogP contribution in [-0.2, 0) is 5.41 Å². The van der Waals surface area contributed by atoms with Crippen molar-refractivity contribution in [3.05, 3.63) is 259 Å². The number of aromatic nitrogens is 1. The molecule has 1 aliphatic heterocycles. The smallest absolute Gasteiger partial charge is 0.0742 e. The van der Waals surface area contributed by atoms with Crippen LogP contribution in [0, 0.1) is 0 Å². The fourth-order valence-electron chi connectivity index (χ4n) is 8.66. The molecular weight excluding hydrogens is 691 g/mol. The quantitative estimate of drug-likeness (QED) is 0.155. The van der Waals surface area contributed by atoms with E-state index >= 15 is 0 Å². The lowest BCUT2D eigenvalue weighted by Gasteiger charge is -2.47. The molecule has 2 heterocycles. The van der Waals surface area contributed by atoms with Crippen molar-refractivity contribution >= 4 is 34.1 Å². The van der Waals surface area contributed by atoms with Crippen molar-refractivity contribution in [3.63, 3.8) is 0 Å². The number of pyridine rings is 1. The predicted molar refractivity (Wildman–Crippen MR) is 236 cm³/mol. The van der Waals surface area contributed by atoms with Gasteiger partial charge in [-0.1, -0.05) is 164 Å². The van der Waals surface area contributed by atoms with Gasteiger partial charge in [0.15, 0.2) is 0 Å². The number of anilines is 6. The number of hydrogen-bond donors (Lipinski definition) is 0. The molecule has 0 atom stereocenters. The summed E-state index contributed by atoms with van der Waals surface area (Å²) in [7, 11) is 0. The maximum atomic E-state index is 4.38. The van der Waals surface area contributed by atoms with Crippen molar-refractivity contribution in [1.29, 1.82) is 0 Å². The summed E-state index contributed by atoms with van der Waals surface area (Å²) in [6.07, 6.45) is 3.73. The third-order valence-electron chi connectivity index (χ3n) is 11.2. The van der Waals surface area contributed by atoms with E-state index in [1.807, 2.05) is 18.5 Å². The minimum absolute atomic E-state index is 0.578. The van der Waals surface area contributed by atoms with Crippen LogP contribution in [0.5, 0.6) is 0 Å². The number of para-hydroxylation sites is 2. The highest BCUT2D eigenvalue weighted by Gasteiger charge is 2.46. The van der Waals surface area contributed by atoms with E-state index in [0.29, 0.717) is 0 Å². The van der Waals surface area contributed by atoms with E-state index in [-0.39, 0.29) is 0 Å². The van der Waals surface area contributed by atoms with Gasteiger partial charge < -0.3 is 9.80 Å². The summed E-state index contributed by atoms with van der Waals surface area (Å²) < 4.78 is 0. The summed E-state index contributed by atoms with van der Waals surface area (Å²) >= 11 is 0. The third kappa shape index (κ3) is 5.98. The van der Waals surface area contributed by atoms with E-state index < -0.39 is 5.41 Å². The standard InChI is InChI=1S/C54H39N3/c1-5-16-40(17-6-1)41-27-31-47(32-28-41)56(48-33-29-42(30-34-48)43-18-15-37-55-39-43)49-35-36-51-53(38-49)57(46-23-11-4-12-24-46)52-26-14-13-25-50(52)54(51,44-19-7-2-8-20-44)45-21-9-3-10-22-45/h1-39H. The van der Waals surface area contributed by atoms with Gasteiger partial charge in [0.05, 0.1) is 16.8 Å². The van der Waals surface area contributed by atoms with E-state index in [2.05, 4.69) is 233 Å². The second kappa shape index (κ2) is 14.6. The first-order chi connectivity index (χ1) is 28.3. The van der Waals surface area contributed by atoms with E-state index in [9.17, 15) is 0 Å². The number of hydrogen-bond acceptors (Lipinski definition) is 3. The molecule has 1 aliphatic rings. The molecule has 0 radical (unpaired) electrons. The average molecular weight is 730 g/mol. The van der Waals surface area contributed by atoms with Crippen LogP contribution in [-0.4, -0.2) is 4.98 Å². The summed E-state index contributed by atoms with van der Waals surface area (Å²) in [4.78, 5) is 9.19. The third-order valence-corrected chi connectivity index (χ3v) is 11.2. The number of rotatable bonds is 8. The Kier molecular flexibility index (Phi) is 8.74. The lowest BCUT2D eigenvalue weighted by molar-refractivity contribution is 0.731. The Hall–Kier alpha value is -7.49. The number of benzene rings is 8. The van der Waals surface area contributed by atoms with Crippen LogP contribution >= 0.6 is 0 Å².